The van der Waals surface area contributed by atoms with E-state index in [0.29, 0.717) is 12.2 Å². The Hall–Kier alpha value is -3.60. The number of aliphatic imine (C=N–C) groups is 2. The summed E-state index contributed by atoms with van der Waals surface area (Å²) in [5, 5.41) is 14.8. The van der Waals surface area contributed by atoms with E-state index in [4.69, 9.17) is 14.7 Å². The minimum atomic E-state index is -1.12. The third kappa shape index (κ3) is 7.12. The molecule has 5 nitrogen and oxygen atoms in total. The molecule has 212 valence electrons. The predicted octanol–water partition coefficient (Wildman–Crippen LogP) is 8.37. The van der Waals surface area contributed by atoms with E-state index >= 15 is 0 Å². The fourth-order valence-corrected chi connectivity index (χ4v) is 5.16. The van der Waals surface area contributed by atoms with Gasteiger partial charge in [-0.1, -0.05) is 112 Å². The molecular formula is C35H45N3O2. The molecule has 0 radical (unpaired) electrons. The van der Waals surface area contributed by atoms with Crippen LogP contribution in [0.15, 0.2) is 70.6 Å². The van der Waals surface area contributed by atoms with Gasteiger partial charge in [0.25, 0.3) is 0 Å². The third-order valence-electron chi connectivity index (χ3n) is 7.61. The van der Waals surface area contributed by atoms with Crippen molar-refractivity contribution in [3.05, 3.63) is 94.0 Å². The summed E-state index contributed by atoms with van der Waals surface area (Å²) in [6.07, 6.45) is 11.8. The van der Waals surface area contributed by atoms with E-state index in [1.54, 1.807) is 12.4 Å². The van der Waals surface area contributed by atoms with Crippen LogP contribution in [0.2, 0.25) is 0 Å². The smallest absolute Gasteiger partial charge is 0.208 e. The standard InChI is InChI=1S/C35H45N3O2/c1-5-7-9-11-13-29-23-31(32(39)24-33(29)40-22-12-10-8-6-2)35(30-20-16-27(4)17-21-30)37-25-36-34(38-35)28-18-14-26(3)15-19-28/h14-21,23-25,39H,5-13,22H2,1-4H3,(H,36,37,38). The van der Waals surface area contributed by atoms with Crippen molar-refractivity contribution in [2.24, 2.45) is 9.98 Å². The molecular weight excluding hydrogens is 494 g/mol. The number of nitrogens with zero attached hydrogens (tertiary/aromatic N) is 2. The second kappa shape index (κ2) is 14.2. The zero-order valence-corrected chi connectivity index (χ0v) is 24.7. The minimum absolute atomic E-state index is 0.146. The summed E-state index contributed by atoms with van der Waals surface area (Å²) in [4.78, 5) is 10.2. The number of rotatable bonds is 14. The van der Waals surface area contributed by atoms with Crippen molar-refractivity contribution in [1.29, 1.82) is 0 Å². The Morgan fingerprint density at radius 2 is 1.45 bits per heavy atom. The number of unbranched alkanes of at least 4 members (excludes halogenated alkanes) is 6. The number of phenols is 1. The molecule has 3 aromatic rings. The molecule has 0 aliphatic carbocycles. The van der Waals surface area contributed by atoms with Crippen LogP contribution in [-0.2, 0) is 12.1 Å². The van der Waals surface area contributed by atoms with E-state index in [1.165, 1.54) is 37.7 Å². The Balaban J connectivity index is 1.80. The first-order valence-electron chi connectivity index (χ1n) is 15.0. The summed E-state index contributed by atoms with van der Waals surface area (Å²) < 4.78 is 6.27. The van der Waals surface area contributed by atoms with Crippen LogP contribution in [0, 0.1) is 13.8 Å². The minimum Gasteiger partial charge on any atom is -0.507 e. The van der Waals surface area contributed by atoms with Gasteiger partial charge in [0.1, 0.15) is 17.3 Å². The Kier molecular flexibility index (Phi) is 10.4. The first-order valence-corrected chi connectivity index (χ1v) is 15.0. The van der Waals surface area contributed by atoms with Crippen LogP contribution in [0.5, 0.6) is 11.5 Å². The molecule has 3 aromatic carbocycles. The molecule has 0 saturated heterocycles. The van der Waals surface area contributed by atoms with Crippen molar-refractivity contribution < 1.29 is 9.84 Å². The number of amidine groups is 1. The number of aryl methyl sites for hydroxylation is 3. The van der Waals surface area contributed by atoms with Crippen molar-refractivity contribution in [3.8, 4) is 11.5 Å². The largest absolute Gasteiger partial charge is 0.507 e. The van der Waals surface area contributed by atoms with Crippen LogP contribution in [0.1, 0.15) is 98.6 Å². The summed E-state index contributed by atoms with van der Waals surface area (Å²) in [6.45, 7) is 9.24. The molecule has 1 heterocycles. The highest BCUT2D eigenvalue weighted by Crippen LogP contribution is 2.44. The lowest BCUT2D eigenvalue weighted by molar-refractivity contribution is 0.299. The third-order valence-corrected chi connectivity index (χ3v) is 7.61. The zero-order valence-electron chi connectivity index (χ0n) is 24.7. The number of nitrogens with one attached hydrogen (secondary N) is 1. The first kappa shape index (κ1) is 29.4. The van der Waals surface area contributed by atoms with Crippen molar-refractivity contribution >= 4 is 12.2 Å². The van der Waals surface area contributed by atoms with Crippen LogP contribution in [0.25, 0.3) is 0 Å². The van der Waals surface area contributed by atoms with Crippen molar-refractivity contribution in [2.75, 3.05) is 6.61 Å². The molecule has 2 N–H and O–H groups in total. The van der Waals surface area contributed by atoms with Crippen LogP contribution >= 0.6 is 0 Å². The highest BCUT2D eigenvalue weighted by molar-refractivity contribution is 6.06. The van der Waals surface area contributed by atoms with Gasteiger partial charge in [-0.15, -0.1) is 0 Å². The van der Waals surface area contributed by atoms with E-state index in [9.17, 15) is 5.11 Å². The van der Waals surface area contributed by atoms with Gasteiger partial charge in [-0.2, -0.15) is 0 Å². The average Bonchev–Trinajstić information content (AvgIpc) is 2.96. The van der Waals surface area contributed by atoms with Gasteiger partial charge in [-0.25, -0.2) is 9.98 Å². The summed E-state index contributed by atoms with van der Waals surface area (Å²) >= 11 is 0. The maximum atomic E-state index is 11.5. The van der Waals surface area contributed by atoms with E-state index in [0.717, 1.165) is 59.5 Å². The lowest BCUT2D eigenvalue weighted by Crippen LogP contribution is -2.36. The fraction of sp³-hybridized carbons (Fsp3) is 0.429. The quantitative estimate of drug-likeness (QED) is 0.202. The van der Waals surface area contributed by atoms with Gasteiger partial charge in [-0.3, -0.25) is 0 Å². The summed E-state index contributed by atoms with van der Waals surface area (Å²) in [5.41, 5.74) is 4.87. The SMILES string of the molecule is CCCCCCOc1cc(O)c(C2(c3ccc(C)cc3)N=CNC(c3ccc(C)cc3)=N2)cc1CCCCCC. The van der Waals surface area contributed by atoms with Crippen LogP contribution in [0.3, 0.4) is 0 Å². The van der Waals surface area contributed by atoms with E-state index < -0.39 is 5.66 Å². The number of benzene rings is 3. The lowest BCUT2D eigenvalue weighted by atomic mass is 9.88. The Morgan fingerprint density at radius 3 is 2.12 bits per heavy atom. The lowest BCUT2D eigenvalue weighted by Gasteiger charge is -2.32. The molecule has 4 rings (SSSR count). The Morgan fingerprint density at radius 1 is 0.800 bits per heavy atom. The van der Waals surface area contributed by atoms with E-state index in [2.05, 4.69) is 87.6 Å². The van der Waals surface area contributed by atoms with Gasteiger partial charge in [0.05, 0.1) is 12.9 Å². The van der Waals surface area contributed by atoms with Gasteiger partial charge >= 0.3 is 0 Å². The molecule has 0 fully saturated rings. The van der Waals surface area contributed by atoms with Gasteiger partial charge in [0.15, 0.2) is 0 Å². The topological polar surface area (TPSA) is 66.2 Å². The van der Waals surface area contributed by atoms with Gasteiger partial charge in [0.2, 0.25) is 5.66 Å². The predicted molar refractivity (Wildman–Crippen MR) is 167 cm³/mol. The van der Waals surface area contributed by atoms with Gasteiger partial charge in [-0.05, 0) is 44.7 Å². The number of hydrogen-bond donors (Lipinski definition) is 2. The molecule has 1 aliphatic rings. The summed E-state index contributed by atoms with van der Waals surface area (Å²) in [5.74, 6) is 1.64. The normalized spacial score (nSPS) is 16.4. The van der Waals surface area contributed by atoms with Crippen LogP contribution in [0.4, 0.5) is 0 Å². The molecule has 1 atom stereocenters. The first-order chi connectivity index (χ1) is 19.5. The summed E-state index contributed by atoms with van der Waals surface area (Å²) in [7, 11) is 0. The number of hydrogen-bond acceptors (Lipinski definition) is 5. The molecule has 5 heteroatoms. The zero-order chi connectivity index (χ0) is 28.4. The molecule has 40 heavy (non-hydrogen) atoms. The maximum Gasteiger partial charge on any atom is 0.208 e. The second-order valence-corrected chi connectivity index (χ2v) is 11.0. The van der Waals surface area contributed by atoms with Crippen molar-refractivity contribution in [3.63, 3.8) is 0 Å². The molecule has 0 amide bonds. The van der Waals surface area contributed by atoms with Gasteiger partial charge in [0, 0.05) is 22.8 Å². The molecule has 1 aliphatic heterocycles. The molecule has 1 unspecified atom stereocenters. The Bertz CT molecular complexity index is 1300. The average molecular weight is 540 g/mol. The fourth-order valence-electron chi connectivity index (χ4n) is 5.16. The highest BCUT2D eigenvalue weighted by Gasteiger charge is 2.39. The molecule has 0 saturated carbocycles. The van der Waals surface area contributed by atoms with Crippen LogP contribution < -0.4 is 10.1 Å². The van der Waals surface area contributed by atoms with Crippen molar-refractivity contribution in [1.82, 2.24) is 5.32 Å². The van der Waals surface area contributed by atoms with Gasteiger partial charge < -0.3 is 15.2 Å². The summed E-state index contributed by atoms with van der Waals surface area (Å²) in [6, 6.07) is 20.4. The molecule has 0 spiro atoms. The molecule has 0 aromatic heterocycles. The van der Waals surface area contributed by atoms with E-state index in [-0.39, 0.29) is 5.75 Å². The number of aromatic hydroxyl groups is 1. The highest BCUT2D eigenvalue weighted by atomic mass is 16.5. The number of phenolic OH excluding ortho intramolecular Hbond substituents is 1. The van der Waals surface area contributed by atoms with Crippen LogP contribution in [-0.4, -0.2) is 23.9 Å². The second-order valence-electron chi connectivity index (χ2n) is 11.0. The maximum absolute atomic E-state index is 11.5. The monoisotopic (exact) mass is 539 g/mol. The Labute approximate surface area is 240 Å². The number of ether oxygens (including phenoxy) is 1. The van der Waals surface area contributed by atoms with Crippen molar-refractivity contribution in [2.45, 2.75) is 91.1 Å². The molecule has 0 bridgehead atoms. The van der Waals surface area contributed by atoms with E-state index in [1.807, 2.05) is 0 Å².